The first-order chi connectivity index (χ1) is 13.7. The second-order valence-electron chi connectivity index (χ2n) is 7.57. The van der Waals surface area contributed by atoms with Crippen LogP contribution < -0.4 is 15.5 Å². The van der Waals surface area contributed by atoms with Crippen LogP contribution in [0.1, 0.15) is 31.7 Å². The molecule has 150 valence electrons. The number of carbonyl (C=O) groups is 1. The summed E-state index contributed by atoms with van der Waals surface area (Å²) < 4.78 is 0. The second-order valence-corrected chi connectivity index (χ2v) is 7.57. The number of benzene rings is 2. The molecule has 0 atom stereocenters. The zero-order valence-electron chi connectivity index (χ0n) is 17.0. The Bertz CT molecular complexity index is 741. The van der Waals surface area contributed by atoms with E-state index in [0.29, 0.717) is 0 Å². The summed E-state index contributed by atoms with van der Waals surface area (Å²) in [6.07, 6.45) is 3.22. The van der Waals surface area contributed by atoms with E-state index < -0.39 is 0 Å². The largest absolute Gasteiger partial charge is 0.369 e. The Morgan fingerprint density at radius 1 is 1.07 bits per heavy atom. The number of likely N-dealkylation sites (tertiary alicyclic amines) is 1. The molecule has 0 aromatic heterocycles. The first kappa shape index (κ1) is 20.2. The predicted molar refractivity (Wildman–Crippen MR) is 117 cm³/mol. The van der Waals surface area contributed by atoms with E-state index in [4.69, 9.17) is 0 Å². The predicted octanol–water partition coefficient (Wildman–Crippen LogP) is 4.32. The van der Waals surface area contributed by atoms with Crippen molar-refractivity contribution in [1.29, 1.82) is 0 Å². The number of anilines is 2. The topological polar surface area (TPSA) is 47.6 Å². The lowest BCUT2D eigenvalue weighted by Gasteiger charge is -2.32. The first-order valence-corrected chi connectivity index (χ1v) is 10.3. The number of hydrogen-bond acceptors (Lipinski definition) is 3. The fourth-order valence-corrected chi connectivity index (χ4v) is 3.82. The maximum Gasteiger partial charge on any atom is 0.319 e. The van der Waals surface area contributed by atoms with Gasteiger partial charge in [-0.05, 0) is 43.5 Å². The number of nitrogens with zero attached hydrogens (tertiary/aromatic N) is 2. The Morgan fingerprint density at radius 2 is 1.75 bits per heavy atom. The van der Waals surface area contributed by atoms with Crippen LogP contribution in [0.4, 0.5) is 16.2 Å². The highest BCUT2D eigenvalue weighted by atomic mass is 16.2. The number of urea groups is 1. The molecule has 2 aromatic rings. The molecule has 28 heavy (non-hydrogen) atoms. The fraction of sp³-hybridized carbons (Fsp3) is 0.435. The molecule has 2 amide bonds. The van der Waals surface area contributed by atoms with Gasteiger partial charge in [0, 0.05) is 32.7 Å². The highest BCUT2D eigenvalue weighted by molar-refractivity contribution is 5.93. The summed E-state index contributed by atoms with van der Waals surface area (Å²) in [6.45, 7) is 6.28. The van der Waals surface area contributed by atoms with Crippen LogP contribution in [0, 0.1) is 0 Å². The van der Waals surface area contributed by atoms with Crippen LogP contribution in [0.2, 0.25) is 0 Å². The Labute approximate surface area is 168 Å². The van der Waals surface area contributed by atoms with Gasteiger partial charge < -0.3 is 20.4 Å². The minimum absolute atomic E-state index is 0.116. The van der Waals surface area contributed by atoms with Crippen molar-refractivity contribution in [3.8, 4) is 0 Å². The zero-order chi connectivity index (χ0) is 19.8. The summed E-state index contributed by atoms with van der Waals surface area (Å²) in [5, 5.41) is 6.21. The fourth-order valence-electron chi connectivity index (χ4n) is 3.82. The molecule has 5 heteroatoms. The molecule has 2 aromatic carbocycles. The lowest BCUT2D eigenvalue weighted by atomic mass is 10.1. The third-order valence-electron chi connectivity index (χ3n) is 5.29. The number of amides is 2. The van der Waals surface area contributed by atoms with Gasteiger partial charge in [0.15, 0.2) is 0 Å². The number of rotatable bonds is 7. The van der Waals surface area contributed by atoms with Crippen molar-refractivity contribution in [3.05, 3.63) is 60.2 Å². The van der Waals surface area contributed by atoms with Gasteiger partial charge in [0.25, 0.3) is 0 Å². The van der Waals surface area contributed by atoms with E-state index in [0.717, 1.165) is 50.4 Å². The van der Waals surface area contributed by atoms with Crippen molar-refractivity contribution in [1.82, 2.24) is 10.2 Å². The van der Waals surface area contributed by atoms with Crippen LogP contribution in [0.15, 0.2) is 54.6 Å². The van der Waals surface area contributed by atoms with Crippen molar-refractivity contribution in [2.75, 3.05) is 36.9 Å². The number of piperidine rings is 1. The summed E-state index contributed by atoms with van der Waals surface area (Å²) in [5.41, 5.74) is 3.09. The molecule has 1 saturated heterocycles. The third kappa shape index (κ3) is 5.73. The molecule has 0 aliphatic carbocycles. The van der Waals surface area contributed by atoms with Crippen LogP contribution >= 0.6 is 0 Å². The molecular weight excluding hydrogens is 348 g/mol. The van der Waals surface area contributed by atoms with Gasteiger partial charge >= 0.3 is 6.03 Å². The van der Waals surface area contributed by atoms with Gasteiger partial charge in [0.1, 0.15) is 0 Å². The second kappa shape index (κ2) is 10.1. The lowest BCUT2D eigenvalue weighted by molar-refractivity contribution is 0.196. The molecule has 0 spiro atoms. The Balaban J connectivity index is 1.56. The Morgan fingerprint density at radius 3 is 2.46 bits per heavy atom. The van der Waals surface area contributed by atoms with Gasteiger partial charge in [-0.25, -0.2) is 4.79 Å². The van der Waals surface area contributed by atoms with Crippen molar-refractivity contribution < 1.29 is 4.79 Å². The van der Waals surface area contributed by atoms with Crippen molar-refractivity contribution in [2.24, 2.45) is 0 Å². The van der Waals surface area contributed by atoms with Crippen LogP contribution in [-0.2, 0) is 6.54 Å². The van der Waals surface area contributed by atoms with E-state index in [1.54, 1.807) is 0 Å². The monoisotopic (exact) mass is 380 g/mol. The number of para-hydroxylation sites is 2. The molecule has 3 rings (SSSR count). The quantitative estimate of drug-likeness (QED) is 0.752. The minimum atomic E-state index is -0.116. The van der Waals surface area contributed by atoms with Crippen LogP contribution in [0.3, 0.4) is 0 Å². The average molecular weight is 381 g/mol. The summed E-state index contributed by atoms with van der Waals surface area (Å²) in [4.78, 5) is 17.2. The molecule has 0 bridgehead atoms. The van der Waals surface area contributed by atoms with Gasteiger partial charge in [-0.3, -0.25) is 0 Å². The van der Waals surface area contributed by atoms with Crippen molar-refractivity contribution in [2.45, 2.75) is 38.8 Å². The van der Waals surface area contributed by atoms with Crippen LogP contribution in [-0.4, -0.2) is 43.7 Å². The average Bonchev–Trinajstić information content (AvgIpc) is 2.71. The van der Waals surface area contributed by atoms with E-state index in [-0.39, 0.29) is 12.1 Å². The van der Waals surface area contributed by atoms with Gasteiger partial charge in [0.2, 0.25) is 0 Å². The Kier molecular flexibility index (Phi) is 7.31. The number of carbonyl (C=O) groups excluding carboxylic acids is 1. The molecular formula is C23H32N4O. The maximum atomic E-state index is 12.6. The van der Waals surface area contributed by atoms with E-state index in [1.807, 2.05) is 42.5 Å². The van der Waals surface area contributed by atoms with Crippen molar-refractivity contribution >= 4 is 17.4 Å². The van der Waals surface area contributed by atoms with Crippen LogP contribution in [0.25, 0.3) is 0 Å². The third-order valence-corrected chi connectivity index (χ3v) is 5.29. The molecule has 0 radical (unpaired) electrons. The summed E-state index contributed by atoms with van der Waals surface area (Å²) in [7, 11) is 2.05. The van der Waals surface area contributed by atoms with E-state index >= 15 is 0 Å². The van der Waals surface area contributed by atoms with E-state index in [9.17, 15) is 4.79 Å². The van der Waals surface area contributed by atoms with Crippen molar-refractivity contribution in [3.63, 3.8) is 0 Å². The maximum absolute atomic E-state index is 12.6. The van der Waals surface area contributed by atoms with Gasteiger partial charge in [-0.2, -0.15) is 0 Å². The molecule has 0 unspecified atom stereocenters. The summed E-state index contributed by atoms with van der Waals surface area (Å²) in [5.74, 6) is 0. The summed E-state index contributed by atoms with van der Waals surface area (Å²) >= 11 is 0. The molecule has 1 aliphatic heterocycles. The first-order valence-electron chi connectivity index (χ1n) is 10.3. The lowest BCUT2D eigenvalue weighted by Crippen LogP contribution is -2.46. The summed E-state index contributed by atoms with van der Waals surface area (Å²) in [6, 6.07) is 18.4. The molecule has 1 aliphatic rings. The normalized spacial score (nSPS) is 15.2. The number of nitrogens with one attached hydrogen (secondary N) is 2. The van der Waals surface area contributed by atoms with Gasteiger partial charge in [-0.1, -0.05) is 49.4 Å². The SMILES string of the molecule is CCCN1CCC(NC(=O)Nc2ccccc2N(C)Cc2ccccc2)CC1. The minimum Gasteiger partial charge on any atom is -0.369 e. The van der Waals surface area contributed by atoms with Gasteiger partial charge in [-0.15, -0.1) is 0 Å². The van der Waals surface area contributed by atoms with Gasteiger partial charge in [0.05, 0.1) is 11.4 Å². The molecule has 1 heterocycles. The van der Waals surface area contributed by atoms with Crippen LogP contribution in [0.5, 0.6) is 0 Å². The standard InChI is InChI=1S/C23H32N4O/c1-3-15-27-16-13-20(14-17-27)24-23(28)25-21-11-7-8-12-22(21)26(2)18-19-9-5-4-6-10-19/h4-12,20H,3,13-18H2,1-2H3,(H2,24,25,28). The van der Waals surface area contributed by atoms with E-state index in [1.165, 1.54) is 12.0 Å². The molecule has 0 saturated carbocycles. The zero-order valence-corrected chi connectivity index (χ0v) is 17.0. The Hall–Kier alpha value is -2.53. The highest BCUT2D eigenvalue weighted by Gasteiger charge is 2.20. The molecule has 1 fully saturated rings. The molecule has 2 N–H and O–H groups in total. The highest BCUT2D eigenvalue weighted by Crippen LogP contribution is 2.26. The molecule has 5 nitrogen and oxygen atoms in total. The smallest absolute Gasteiger partial charge is 0.319 e. The number of hydrogen-bond donors (Lipinski definition) is 2. The van der Waals surface area contributed by atoms with E-state index in [2.05, 4.69) is 46.5 Å².